The lowest BCUT2D eigenvalue weighted by molar-refractivity contribution is 0.0379. The molecule has 0 N–H and O–H groups in total. The van der Waals surface area contributed by atoms with Crippen LogP contribution in [-0.4, -0.2) is 27.9 Å². The molecule has 0 radical (unpaired) electrons. The topological polar surface area (TPSA) is 66.2 Å². The molecule has 4 rings (SSSR count). The van der Waals surface area contributed by atoms with E-state index >= 15 is 0 Å². The molecule has 6 nitrogen and oxygen atoms in total. The molecule has 0 amide bonds. The summed E-state index contributed by atoms with van der Waals surface area (Å²) in [6, 6.07) is 15.3. The second-order valence-corrected chi connectivity index (χ2v) is 6.30. The van der Waals surface area contributed by atoms with Crippen LogP contribution >= 0.6 is 0 Å². The second-order valence-electron chi connectivity index (χ2n) is 6.30. The molecule has 1 aliphatic rings. The summed E-state index contributed by atoms with van der Waals surface area (Å²) in [4.78, 5) is 18.5. The van der Waals surface area contributed by atoms with Crippen LogP contribution in [0, 0.1) is 0 Å². The van der Waals surface area contributed by atoms with Crippen molar-refractivity contribution in [3.05, 3.63) is 90.0 Å². The van der Waals surface area contributed by atoms with E-state index in [-0.39, 0.29) is 12.5 Å². The average molecular weight is 373 g/mol. The van der Waals surface area contributed by atoms with E-state index in [1.807, 2.05) is 43.3 Å². The zero-order chi connectivity index (χ0) is 19.5. The lowest BCUT2D eigenvalue weighted by Crippen LogP contribution is -2.23. The van der Waals surface area contributed by atoms with Crippen LogP contribution in [0.1, 0.15) is 24.0 Å². The number of benzene rings is 2. The third-order valence-electron chi connectivity index (χ3n) is 4.75. The minimum absolute atomic E-state index is 0.0829. The third kappa shape index (κ3) is 3.09. The lowest BCUT2D eigenvalue weighted by Gasteiger charge is -2.14. The van der Waals surface area contributed by atoms with Gasteiger partial charge in [0.25, 0.3) is 0 Å². The molecule has 28 heavy (non-hydrogen) atoms. The molecular formula is C22H19N3O3. The number of carbonyl (C=O) groups is 1. The SMILES string of the molecule is C=C/C=C1\C(=C/C)c2ccccc2C1COC(=O)On1nnc2ccccc21. The Balaban J connectivity index is 1.52. The molecule has 1 heterocycles. The first-order chi connectivity index (χ1) is 13.7. The summed E-state index contributed by atoms with van der Waals surface area (Å²) in [5.41, 5.74) is 5.67. The van der Waals surface area contributed by atoms with E-state index in [1.54, 1.807) is 18.2 Å². The lowest BCUT2D eigenvalue weighted by atomic mass is 9.97. The van der Waals surface area contributed by atoms with E-state index in [0.717, 1.165) is 27.1 Å². The fraction of sp³-hybridized carbons (Fsp3) is 0.136. The molecule has 0 saturated heterocycles. The highest BCUT2D eigenvalue weighted by Crippen LogP contribution is 2.45. The number of nitrogens with zero attached hydrogens (tertiary/aromatic N) is 3. The summed E-state index contributed by atoms with van der Waals surface area (Å²) in [5.74, 6) is -0.0829. The quantitative estimate of drug-likeness (QED) is 0.504. The maximum absolute atomic E-state index is 12.3. The molecule has 3 aromatic rings. The predicted molar refractivity (Wildman–Crippen MR) is 107 cm³/mol. The van der Waals surface area contributed by atoms with Gasteiger partial charge in [0.2, 0.25) is 0 Å². The van der Waals surface area contributed by atoms with Gasteiger partial charge in [-0.25, -0.2) is 4.79 Å². The fourth-order valence-corrected chi connectivity index (χ4v) is 3.55. The van der Waals surface area contributed by atoms with Crippen molar-refractivity contribution in [2.24, 2.45) is 0 Å². The van der Waals surface area contributed by atoms with Gasteiger partial charge in [-0.3, -0.25) is 4.84 Å². The van der Waals surface area contributed by atoms with Crippen molar-refractivity contribution >= 4 is 22.8 Å². The molecule has 1 aliphatic carbocycles. The highest BCUT2D eigenvalue weighted by molar-refractivity contribution is 5.88. The number of rotatable bonds is 4. The van der Waals surface area contributed by atoms with Crippen LogP contribution < -0.4 is 4.84 Å². The van der Waals surface area contributed by atoms with Crippen molar-refractivity contribution in [1.82, 2.24) is 15.2 Å². The van der Waals surface area contributed by atoms with Crippen LogP contribution in [-0.2, 0) is 4.74 Å². The van der Waals surface area contributed by atoms with Gasteiger partial charge in [0.15, 0.2) is 0 Å². The number of allylic oxidation sites excluding steroid dienone is 4. The summed E-state index contributed by atoms with van der Waals surface area (Å²) in [5, 5.41) is 7.78. The summed E-state index contributed by atoms with van der Waals surface area (Å²) in [7, 11) is 0. The highest BCUT2D eigenvalue weighted by atomic mass is 16.8. The van der Waals surface area contributed by atoms with Gasteiger partial charge in [-0.1, -0.05) is 66.1 Å². The van der Waals surface area contributed by atoms with Gasteiger partial charge in [-0.2, -0.15) is 0 Å². The van der Waals surface area contributed by atoms with Gasteiger partial charge in [-0.15, -0.1) is 5.10 Å². The maximum Gasteiger partial charge on any atom is 0.535 e. The summed E-state index contributed by atoms with van der Waals surface area (Å²) in [6.07, 6.45) is 4.94. The summed E-state index contributed by atoms with van der Waals surface area (Å²) >= 11 is 0. The van der Waals surface area contributed by atoms with Gasteiger partial charge in [0.1, 0.15) is 17.6 Å². The van der Waals surface area contributed by atoms with Crippen LogP contribution in [0.2, 0.25) is 0 Å². The van der Waals surface area contributed by atoms with Crippen molar-refractivity contribution in [2.45, 2.75) is 12.8 Å². The van der Waals surface area contributed by atoms with Gasteiger partial charge < -0.3 is 4.74 Å². The molecule has 0 spiro atoms. The van der Waals surface area contributed by atoms with E-state index < -0.39 is 6.16 Å². The molecule has 2 aromatic carbocycles. The van der Waals surface area contributed by atoms with Crippen molar-refractivity contribution in [1.29, 1.82) is 0 Å². The maximum atomic E-state index is 12.3. The second kappa shape index (κ2) is 7.52. The van der Waals surface area contributed by atoms with Gasteiger partial charge >= 0.3 is 6.16 Å². The minimum Gasteiger partial charge on any atom is -0.432 e. The number of carbonyl (C=O) groups excluding carboxylic acids is 1. The number of hydrogen-bond donors (Lipinski definition) is 0. The van der Waals surface area contributed by atoms with Crippen LogP contribution in [0.5, 0.6) is 0 Å². The molecule has 0 bridgehead atoms. The van der Waals surface area contributed by atoms with Crippen LogP contribution in [0.3, 0.4) is 0 Å². The van der Waals surface area contributed by atoms with Crippen LogP contribution in [0.15, 0.2) is 78.9 Å². The first-order valence-electron chi connectivity index (χ1n) is 8.97. The number of hydrogen-bond acceptors (Lipinski definition) is 5. The molecular weight excluding hydrogens is 354 g/mol. The Labute approximate surface area is 162 Å². The monoisotopic (exact) mass is 373 g/mol. The van der Waals surface area contributed by atoms with Crippen molar-refractivity contribution < 1.29 is 14.4 Å². The minimum atomic E-state index is -0.833. The molecule has 0 fully saturated rings. The largest absolute Gasteiger partial charge is 0.535 e. The van der Waals surface area contributed by atoms with Gasteiger partial charge in [0.05, 0.1) is 0 Å². The Kier molecular flexibility index (Phi) is 4.76. The average Bonchev–Trinajstić information content (AvgIpc) is 3.25. The van der Waals surface area contributed by atoms with Crippen molar-refractivity contribution in [3.63, 3.8) is 0 Å². The first kappa shape index (κ1) is 17.7. The molecule has 1 unspecified atom stereocenters. The number of aromatic nitrogens is 3. The smallest absolute Gasteiger partial charge is 0.432 e. The summed E-state index contributed by atoms with van der Waals surface area (Å²) < 4.78 is 5.42. The normalized spacial score (nSPS) is 18.4. The zero-order valence-electron chi connectivity index (χ0n) is 15.4. The standard InChI is InChI=1S/C22H19N3O3/c1-3-9-16-15(4-2)17-10-5-6-11-18(17)19(16)14-27-22(26)28-25-21-13-8-7-12-20(21)23-24-25/h3-13,19H,1,14H2,2H3/b15-4+,16-9+. The Morgan fingerprint density at radius 2 is 2.00 bits per heavy atom. The Morgan fingerprint density at radius 1 is 1.21 bits per heavy atom. The number of para-hydroxylation sites is 1. The van der Waals surface area contributed by atoms with Gasteiger partial charge in [-0.05, 0) is 46.5 Å². The highest BCUT2D eigenvalue weighted by Gasteiger charge is 2.31. The van der Waals surface area contributed by atoms with E-state index in [9.17, 15) is 4.79 Å². The van der Waals surface area contributed by atoms with Crippen molar-refractivity contribution in [3.8, 4) is 0 Å². The van der Waals surface area contributed by atoms with Gasteiger partial charge in [0, 0.05) is 5.92 Å². The molecule has 1 atom stereocenters. The van der Waals surface area contributed by atoms with E-state index in [2.05, 4.69) is 29.0 Å². The zero-order valence-corrected chi connectivity index (χ0v) is 15.4. The molecule has 6 heteroatoms. The van der Waals surface area contributed by atoms with E-state index in [4.69, 9.17) is 9.57 Å². The van der Waals surface area contributed by atoms with E-state index in [0.29, 0.717) is 11.0 Å². The third-order valence-corrected chi connectivity index (χ3v) is 4.75. The summed E-state index contributed by atoms with van der Waals surface area (Å²) in [6.45, 7) is 5.96. The van der Waals surface area contributed by atoms with Crippen LogP contribution in [0.4, 0.5) is 4.79 Å². The molecule has 140 valence electrons. The Morgan fingerprint density at radius 3 is 2.82 bits per heavy atom. The molecule has 1 aromatic heterocycles. The van der Waals surface area contributed by atoms with Crippen LogP contribution in [0.25, 0.3) is 16.6 Å². The number of ether oxygens (including phenoxy) is 1. The molecule has 0 saturated carbocycles. The Bertz CT molecular complexity index is 1110. The van der Waals surface area contributed by atoms with E-state index in [1.165, 1.54) is 0 Å². The predicted octanol–water partition coefficient (Wildman–Crippen LogP) is 4.31. The molecule has 0 aliphatic heterocycles. The fourth-order valence-electron chi connectivity index (χ4n) is 3.55. The first-order valence-corrected chi connectivity index (χ1v) is 8.97. The van der Waals surface area contributed by atoms with Crippen molar-refractivity contribution in [2.75, 3.05) is 6.61 Å². The Hall–Kier alpha value is -3.67. The number of fused-ring (bicyclic) bond motifs is 2.